The summed E-state index contributed by atoms with van der Waals surface area (Å²) in [5, 5.41) is -0.813. The summed E-state index contributed by atoms with van der Waals surface area (Å²) in [6.07, 6.45) is -4.83. The van der Waals surface area contributed by atoms with E-state index in [0.717, 1.165) is 24.3 Å². The molecular formula is C22H14ClF5N2O2. The Morgan fingerprint density at radius 2 is 1.81 bits per heavy atom. The summed E-state index contributed by atoms with van der Waals surface area (Å²) >= 11 is 6.07. The number of carbonyl (C=O) groups is 1. The normalized spacial score (nSPS) is 15.6. The molecule has 0 radical (unpaired) electrons. The fourth-order valence-electron chi connectivity index (χ4n) is 2.97. The molecule has 4 nitrogen and oxygen atoms in total. The van der Waals surface area contributed by atoms with Gasteiger partial charge in [-0.05, 0) is 44.0 Å². The molecule has 0 aromatic heterocycles. The number of hydrogen-bond acceptors (Lipinski definition) is 4. The lowest BCUT2D eigenvalue weighted by Gasteiger charge is -2.16. The van der Waals surface area contributed by atoms with Crippen molar-refractivity contribution in [1.82, 2.24) is 0 Å². The lowest BCUT2D eigenvalue weighted by molar-refractivity contribution is -0.137. The zero-order valence-electron chi connectivity index (χ0n) is 16.6. The highest BCUT2D eigenvalue weighted by atomic mass is 35.5. The molecule has 1 atom stereocenters. The summed E-state index contributed by atoms with van der Waals surface area (Å²) in [6.45, 7) is 3.13. The topological polar surface area (TPSA) is 51.0 Å². The lowest BCUT2D eigenvalue weighted by atomic mass is 9.97. The Balaban J connectivity index is 2.32. The van der Waals surface area contributed by atoms with Gasteiger partial charge in [0.2, 0.25) is 0 Å². The van der Waals surface area contributed by atoms with E-state index >= 15 is 0 Å². The van der Waals surface area contributed by atoms with Crippen LogP contribution in [-0.2, 0) is 15.7 Å². The average Bonchev–Trinajstić information content (AvgIpc) is 2.83. The fourth-order valence-corrected chi connectivity index (χ4v) is 3.33. The molecule has 0 unspecified atom stereocenters. The van der Waals surface area contributed by atoms with Gasteiger partial charge in [-0.15, -0.1) is 0 Å². The number of esters is 1. The van der Waals surface area contributed by atoms with Crippen molar-refractivity contribution >= 4 is 34.7 Å². The lowest BCUT2D eigenvalue weighted by Crippen LogP contribution is -2.17. The number of rotatable bonds is 2. The first-order chi connectivity index (χ1) is 15.0. The maximum absolute atomic E-state index is 14.6. The quantitative estimate of drug-likeness (QED) is 0.252. The molecular weight excluding hydrogens is 455 g/mol. The smallest absolute Gasteiger partial charge is 0.417 e. The molecule has 166 valence electrons. The summed E-state index contributed by atoms with van der Waals surface area (Å²) in [6, 6.07) is 3.73. The Morgan fingerprint density at radius 3 is 2.41 bits per heavy atom. The minimum absolute atomic E-state index is 0.0260. The van der Waals surface area contributed by atoms with Crippen molar-refractivity contribution in [1.29, 1.82) is 0 Å². The molecule has 2 aromatic rings. The van der Waals surface area contributed by atoms with Crippen molar-refractivity contribution in [2.75, 3.05) is 6.61 Å². The van der Waals surface area contributed by atoms with E-state index in [2.05, 4.69) is 21.8 Å². The summed E-state index contributed by atoms with van der Waals surface area (Å²) < 4.78 is 74.3. The monoisotopic (exact) mass is 468 g/mol. The number of nitrogens with zero attached hydrogens (tertiary/aromatic N) is 2. The number of halogens is 6. The number of ether oxygens (including phenoxy) is 1. The van der Waals surface area contributed by atoms with E-state index in [1.807, 2.05) is 0 Å². The molecule has 0 saturated heterocycles. The van der Waals surface area contributed by atoms with Crippen LogP contribution in [0.25, 0.3) is 0 Å². The Kier molecular flexibility index (Phi) is 6.65. The molecule has 1 aliphatic rings. The van der Waals surface area contributed by atoms with Crippen molar-refractivity contribution in [3.63, 3.8) is 0 Å². The number of carbonyl (C=O) groups excluding carboxylic acids is 1. The van der Waals surface area contributed by atoms with Crippen LogP contribution in [0.4, 0.5) is 27.6 Å². The van der Waals surface area contributed by atoms with Crippen LogP contribution < -0.4 is 0 Å². The second kappa shape index (κ2) is 9.09. The first kappa shape index (κ1) is 23.4. The van der Waals surface area contributed by atoms with Gasteiger partial charge in [-0.2, -0.15) is 13.2 Å². The van der Waals surface area contributed by atoms with Gasteiger partial charge in [0.05, 0.1) is 40.2 Å². The minimum atomic E-state index is -4.83. The molecule has 2 aromatic carbocycles. The summed E-state index contributed by atoms with van der Waals surface area (Å²) in [4.78, 5) is 20.0. The Hall–Kier alpha value is -3.25. The molecule has 1 heterocycles. The van der Waals surface area contributed by atoms with Gasteiger partial charge in [-0.1, -0.05) is 17.7 Å². The second-order valence-electron chi connectivity index (χ2n) is 6.54. The van der Waals surface area contributed by atoms with Crippen LogP contribution >= 0.6 is 11.6 Å². The van der Waals surface area contributed by atoms with Crippen LogP contribution in [0, 0.1) is 23.5 Å². The SMILES string of the molecule is CCOC(=O)C#CC1=Nc2ccc(C(F)(F)F)c(Cl)c2C(c2c(F)cccc2F)=N[C@H]1C. The molecule has 1 aliphatic heterocycles. The van der Waals surface area contributed by atoms with Crippen LogP contribution in [0.2, 0.25) is 5.02 Å². The van der Waals surface area contributed by atoms with Crippen LogP contribution in [0.15, 0.2) is 40.3 Å². The van der Waals surface area contributed by atoms with Crippen molar-refractivity contribution in [3.05, 3.63) is 63.7 Å². The molecule has 0 fully saturated rings. The molecule has 0 spiro atoms. The van der Waals surface area contributed by atoms with E-state index in [1.165, 1.54) is 6.92 Å². The molecule has 0 bridgehead atoms. The van der Waals surface area contributed by atoms with E-state index in [9.17, 15) is 26.7 Å². The molecule has 0 aliphatic carbocycles. The van der Waals surface area contributed by atoms with E-state index < -0.39 is 57.2 Å². The maximum atomic E-state index is 14.6. The Morgan fingerprint density at radius 1 is 1.16 bits per heavy atom. The minimum Gasteiger partial charge on any atom is -0.456 e. The molecule has 32 heavy (non-hydrogen) atoms. The third-order valence-electron chi connectivity index (χ3n) is 4.39. The van der Waals surface area contributed by atoms with Gasteiger partial charge >= 0.3 is 12.1 Å². The van der Waals surface area contributed by atoms with Crippen LogP contribution in [-0.4, -0.2) is 30.0 Å². The maximum Gasteiger partial charge on any atom is 0.417 e. The third-order valence-corrected chi connectivity index (χ3v) is 4.78. The second-order valence-corrected chi connectivity index (χ2v) is 6.91. The first-order valence-corrected chi connectivity index (χ1v) is 9.62. The van der Waals surface area contributed by atoms with E-state index in [-0.39, 0.29) is 18.0 Å². The zero-order chi connectivity index (χ0) is 23.6. The molecule has 0 N–H and O–H groups in total. The number of benzene rings is 2. The molecule has 0 amide bonds. The van der Waals surface area contributed by atoms with Crippen molar-refractivity contribution in [3.8, 4) is 11.8 Å². The highest BCUT2D eigenvalue weighted by Crippen LogP contribution is 2.42. The number of fused-ring (bicyclic) bond motifs is 1. The number of alkyl halides is 3. The summed E-state index contributed by atoms with van der Waals surface area (Å²) in [5.41, 5.74) is -2.88. The fraction of sp³-hybridized carbons (Fsp3) is 0.227. The standard InChI is InChI=1S/C22H14ClF5N2O2/c1-3-32-17(31)10-9-15-11(2)29-21(18-13(24)5-4-6-14(18)25)19-16(30-15)8-7-12(20(19)23)22(26,27)28/h4-8,11H,3H2,1-2H3/t11-/m0/s1. The predicted octanol–water partition coefficient (Wildman–Crippen LogP) is 5.52. The van der Waals surface area contributed by atoms with Crippen molar-refractivity contribution < 1.29 is 31.5 Å². The van der Waals surface area contributed by atoms with Gasteiger partial charge < -0.3 is 4.74 Å². The zero-order valence-corrected chi connectivity index (χ0v) is 17.4. The van der Waals surface area contributed by atoms with Crippen molar-refractivity contribution in [2.24, 2.45) is 9.98 Å². The van der Waals surface area contributed by atoms with Crippen LogP contribution in [0.5, 0.6) is 0 Å². The van der Waals surface area contributed by atoms with E-state index in [4.69, 9.17) is 16.3 Å². The van der Waals surface area contributed by atoms with Gasteiger partial charge in [0.1, 0.15) is 17.3 Å². The molecule has 3 rings (SSSR count). The first-order valence-electron chi connectivity index (χ1n) is 9.24. The number of hydrogen-bond donors (Lipinski definition) is 0. The van der Waals surface area contributed by atoms with Crippen LogP contribution in [0.1, 0.15) is 30.5 Å². The van der Waals surface area contributed by atoms with Crippen molar-refractivity contribution in [2.45, 2.75) is 26.1 Å². The largest absolute Gasteiger partial charge is 0.456 e. The van der Waals surface area contributed by atoms with Gasteiger partial charge in [-0.3, -0.25) is 4.99 Å². The summed E-state index contributed by atoms with van der Waals surface area (Å²) in [7, 11) is 0. The van der Waals surface area contributed by atoms with E-state index in [1.54, 1.807) is 6.92 Å². The predicted molar refractivity (Wildman–Crippen MR) is 109 cm³/mol. The Bertz CT molecular complexity index is 1190. The van der Waals surface area contributed by atoms with Gasteiger partial charge in [0.15, 0.2) is 0 Å². The van der Waals surface area contributed by atoms with Crippen LogP contribution in [0.3, 0.4) is 0 Å². The average molecular weight is 469 g/mol. The van der Waals surface area contributed by atoms with Gasteiger partial charge in [0.25, 0.3) is 0 Å². The Labute approximate surface area is 184 Å². The van der Waals surface area contributed by atoms with Gasteiger partial charge in [-0.25, -0.2) is 18.6 Å². The third kappa shape index (κ3) is 4.65. The van der Waals surface area contributed by atoms with E-state index in [0.29, 0.717) is 6.07 Å². The molecule has 10 heteroatoms. The highest BCUT2D eigenvalue weighted by molar-refractivity contribution is 6.37. The molecule has 0 saturated carbocycles. The highest BCUT2D eigenvalue weighted by Gasteiger charge is 2.37. The van der Waals surface area contributed by atoms with Gasteiger partial charge in [0, 0.05) is 11.5 Å². The number of aliphatic imine (C=N–C) groups is 2. The summed E-state index contributed by atoms with van der Waals surface area (Å²) in [5.74, 6) is 1.73.